The minimum atomic E-state index is -0.824. The van der Waals surface area contributed by atoms with Crippen LogP contribution in [0.5, 0.6) is 5.75 Å². The lowest BCUT2D eigenvalue weighted by atomic mass is 10.1. The minimum Gasteiger partial charge on any atom is -0.482 e. The van der Waals surface area contributed by atoms with Gasteiger partial charge in [-0.3, -0.25) is 4.79 Å². The molecule has 5 heteroatoms. The molecule has 2 rings (SSSR count). The molecule has 2 aromatic rings. The summed E-state index contributed by atoms with van der Waals surface area (Å²) >= 11 is 0. The van der Waals surface area contributed by atoms with Crippen LogP contribution in [0.4, 0.5) is 0 Å². The Morgan fingerprint density at radius 1 is 1.04 bits per heavy atom. The SMILES string of the molecule is CCC(OC(=O)COc1ccc(C)c(C)c1)C(=O)NCc1ccccc1. The lowest BCUT2D eigenvalue weighted by Gasteiger charge is -2.16. The van der Waals surface area contributed by atoms with Gasteiger partial charge in [0.15, 0.2) is 12.7 Å². The fraction of sp³-hybridized carbons (Fsp3) is 0.333. The van der Waals surface area contributed by atoms with Crippen molar-refractivity contribution in [3.05, 3.63) is 65.2 Å². The third-order valence-electron chi connectivity index (χ3n) is 4.08. The van der Waals surface area contributed by atoms with Crippen molar-refractivity contribution in [2.24, 2.45) is 0 Å². The number of rotatable bonds is 8. The van der Waals surface area contributed by atoms with Crippen molar-refractivity contribution in [3.8, 4) is 5.75 Å². The van der Waals surface area contributed by atoms with Crippen LogP contribution >= 0.6 is 0 Å². The summed E-state index contributed by atoms with van der Waals surface area (Å²) in [5.41, 5.74) is 3.23. The van der Waals surface area contributed by atoms with Gasteiger partial charge in [-0.25, -0.2) is 4.79 Å². The number of aryl methyl sites for hydroxylation is 2. The Morgan fingerprint density at radius 3 is 2.42 bits per heavy atom. The van der Waals surface area contributed by atoms with E-state index in [1.807, 2.05) is 56.3 Å². The average molecular weight is 355 g/mol. The number of carbonyl (C=O) groups is 2. The normalized spacial score (nSPS) is 11.5. The maximum Gasteiger partial charge on any atom is 0.344 e. The van der Waals surface area contributed by atoms with Crippen molar-refractivity contribution in [3.63, 3.8) is 0 Å². The smallest absolute Gasteiger partial charge is 0.344 e. The number of hydrogen-bond donors (Lipinski definition) is 1. The molecule has 0 aliphatic rings. The number of amides is 1. The molecule has 26 heavy (non-hydrogen) atoms. The molecule has 5 nitrogen and oxygen atoms in total. The maximum atomic E-state index is 12.2. The van der Waals surface area contributed by atoms with Crippen molar-refractivity contribution in [2.75, 3.05) is 6.61 Å². The van der Waals surface area contributed by atoms with E-state index in [0.717, 1.165) is 16.7 Å². The standard InChI is InChI=1S/C21H25NO4/c1-4-19(21(24)22-13-17-8-6-5-7-9-17)26-20(23)14-25-18-11-10-15(2)16(3)12-18/h5-12,19H,4,13-14H2,1-3H3,(H,22,24). The monoisotopic (exact) mass is 355 g/mol. The van der Waals surface area contributed by atoms with Crippen molar-refractivity contribution in [2.45, 2.75) is 39.8 Å². The molecule has 2 aromatic carbocycles. The largest absolute Gasteiger partial charge is 0.482 e. The van der Waals surface area contributed by atoms with E-state index in [4.69, 9.17) is 9.47 Å². The highest BCUT2D eigenvalue weighted by Crippen LogP contribution is 2.16. The molecular weight excluding hydrogens is 330 g/mol. The van der Waals surface area contributed by atoms with Crippen LogP contribution in [-0.2, 0) is 20.9 Å². The third-order valence-corrected chi connectivity index (χ3v) is 4.08. The Morgan fingerprint density at radius 2 is 1.77 bits per heavy atom. The molecule has 0 fully saturated rings. The van der Waals surface area contributed by atoms with E-state index in [0.29, 0.717) is 18.7 Å². The van der Waals surface area contributed by atoms with Gasteiger partial charge in [-0.15, -0.1) is 0 Å². The molecule has 0 aromatic heterocycles. The first-order valence-electron chi connectivity index (χ1n) is 8.70. The molecule has 0 aliphatic carbocycles. The molecule has 138 valence electrons. The molecule has 0 spiro atoms. The molecule has 0 saturated heterocycles. The van der Waals surface area contributed by atoms with Crippen molar-refractivity contribution in [1.29, 1.82) is 0 Å². The Labute approximate surface area is 154 Å². The van der Waals surface area contributed by atoms with Crippen molar-refractivity contribution >= 4 is 11.9 Å². The third kappa shape index (κ3) is 5.92. The zero-order chi connectivity index (χ0) is 18.9. The van der Waals surface area contributed by atoms with Crippen LogP contribution < -0.4 is 10.1 Å². The van der Waals surface area contributed by atoms with E-state index in [1.54, 1.807) is 13.0 Å². The summed E-state index contributed by atoms with van der Waals surface area (Å²) in [6.45, 7) is 5.94. The van der Waals surface area contributed by atoms with Gasteiger partial charge in [0.05, 0.1) is 0 Å². The zero-order valence-corrected chi connectivity index (χ0v) is 15.5. The molecule has 0 radical (unpaired) electrons. The van der Waals surface area contributed by atoms with Gasteiger partial charge < -0.3 is 14.8 Å². The van der Waals surface area contributed by atoms with E-state index in [1.165, 1.54) is 0 Å². The molecule has 1 atom stereocenters. The number of ether oxygens (including phenoxy) is 2. The Balaban J connectivity index is 1.80. The number of nitrogens with one attached hydrogen (secondary N) is 1. The molecular formula is C21H25NO4. The van der Waals surface area contributed by atoms with E-state index in [9.17, 15) is 9.59 Å². The lowest BCUT2D eigenvalue weighted by molar-refractivity contribution is -0.158. The summed E-state index contributed by atoms with van der Waals surface area (Å²) in [7, 11) is 0. The van der Waals surface area contributed by atoms with Gasteiger partial charge in [-0.2, -0.15) is 0 Å². The number of carbonyl (C=O) groups excluding carboxylic acids is 2. The summed E-state index contributed by atoms with van der Waals surface area (Å²) in [4.78, 5) is 24.2. The summed E-state index contributed by atoms with van der Waals surface area (Å²) < 4.78 is 10.7. The van der Waals surface area contributed by atoms with Gasteiger partial charge in [0, 0.05) is 6.54 Å². The lowest BCUT2D eigenvalue weighted by Crippen LogP contribution is -2.38. The van der Waals surface area contributed by atoms with Gasteiger partial charge >= 0.3 is 5.97 Å². The number of hydrogen-bond acceptors (Lipinski definition) is 4. The van der Waals surface area contributed by atoms with Crippen LogP contribution in [0.3, 0.4) is 0 Å². The molecule has 0 bridgehead atoms. The van der Waals surface area contributed by atoms with Crippen LogP contribution in [0.25, 0.3) is 0 Å². The highest BCUT2D eigenvalue weighted by molar-refractivity contribution is 5.84. The van der Waals surface area contributed by atoms with Crippen molar-refractivity contribution < 1.29 is 19.1 Å². The van der Waals surface area contributed by atoms with Gasteiger partial charge in [0.2, 0.25) is 0 Å². The quantitative estimate of drug-likeness (QED) is 0.738. The predicted octanol–water partition coefficient (Wildman–Crippen LogP) is 3.32. The minimum absolute atomic E-state index is 0.231. The van der Waals surface area contributed by atoms with Crippen molar-refractivity contribution in [1.82, 2.24) is 5.32 Å². The zero-order valence-electron chi connectivity index (χ0n) is 15.5. The average Bonchev–Trinajstić information content (AvgIpc) is 2.66. The van der Waals surface area contributed by atoms with E-state index >= 15 is 0 Å². The number of benzene rings is 2. The molecule has 1 N–H and O–H groups in total. The molecule has 0 heterocycles. The van der Waals surface area contributed by atoms with Crippen LogP contribution in [0.15, 0.2) is 48.5 Å². The second-order valence-corrected chi connectivity index (χ2v) is 6.12. The van der Waals surface area contributed by atoms with Crippen LogP contribution in [0.2, 0.25) is 0 Å². The van der Waals surface area contributed by atoms with Crippen LogP contribution in [0.1, 0.15) is 30.0 Å². The van der Waals surface area contributed by atoms with Crippen LogP contribution in [0, 0.1) is 13.8 Å². The first-order valence-corrected chi connectivity index (χ1v) is 8.70. The fourth-order valence-corrected chi connectivity index (χ4v) is 2.36. The summed E-state index contributed by atoms with van der Waals surface area (Å²) in [5.74, 6) is -0.271. The molecule has 0 aliphatic heterocycles. The highest BCUT2D eigenvalue weighted by Gasteiger charge is 2.21. The summed E-state index contributed by atoms with van der Waals surface area (Å²) in [6, 6.07) is 15.2. The number of esters is 1. The van der Waals surface area contributed by atoms with Gasteiger partial charge in [-0.05, 0) is 49.1 Å². The second-order valence-electron chi connectivity index (χ2n) is 6.12. The van der Waals surface area contributed by atoms with Gasteiger partial charge in [0.25, 0.3) is 5.91 Å². The Kier molecular flexibility index (Phi) is 7.21. The van der Waals surface area contributed by atoms with Gasteiger partial charge in [-0.1, -0.05) is 43.3 Å². The van der Waals surface area contributed by atoms with Crippen LogP contribution in [-0.4, -0.2) is 24.6 Å². The molecule has 0 saturated carbocycles. The molecule has 1 amide bonds. The molecule has 1 unspecified atom stereocenters. The van der Waals surface area contributed by atoms with E-state index in [-0.39, 0.29) is 12.5 Å². The van der Waals surface area contributed by atoms with E-state index in [2.05, 4.69) is 5.32 Å². The Hall–Kier alpha value is -2.82. The summed E-state index contributed by atoms with van der Waals surface area (Å²) in [6.07, 6.45) is -0.426. The summed E-state index contributed by atoms with van der Waals surface area (Å²) in [5, 5.41) is 2.79. The topological polar surface area (TPSA) is 64.6 Å². The maximum absolute atomic E-state index is 12.2. The second kappa shape index (κ2) is 9.61. The van der Waals surface area contributed by atoms with Gasteiger partial charge in [0.1, 0.15) is 5.75 Å². The Bertz CT molecular complexity index is 743. The first kappa shape index (κ1) is 19.5. The van der Waals surface area contributed by atoms with E-state index < -0.39 is 12.1 Å². The predicted molar refractivity (Wildman–Crippen MR) is 99.9 cm³/mol. The first-order chi connectivity index (χ1) is 12.5. The fourth-order valence-electron chi connectivity index (χ4n) is 2.36. The highest BCUT2D eigenvalue weighted by atomic mass is 16.6.